The number of carbonyl (C=O) groups is 1. The second-order valence-corrected chi connectivity index (χ2v) is 7.07. The first-order chi connectivity index (χ1) is 12.2. The van der Waals surface area contributed by atoms with E-state index in [1.54, 1.807) is 24.3 Å². The summed E-state index contributed by atoms with van der Waals surface area (Å²) in [6.45, 7) is 3.81. The number of nitrogens with one attached hydrogen (secondary N) is 1. The van der Waals surface area contributed by atoms with Crippen LogP contribution in [0.3, 0.4) is 0 Å². The molecule has 6 N–H and O–H groups in total. The van der Waals surface area contributed by atoms with Crippen LogP contribution in [0, 0.1) is 3.57 Å². The third kappa shape index (κ3) is 8.03. The molecule has 0 bridgehead atoms. The van der Waals surface area contributed by atoms with Crippen LogP contribution in [0.4, 0.5) is 5.69 Å². The van der Waals surface area contributed by atoms with Gasteiger partial charge in [0.25, 0.3) is 5.97 Å². The zero-order valence-electron chi connectivity index (χ0n) is 14.8. The van der Waals surface area contributed by atoms with E-state index in [-0.39, 0.29) is 11.8 Å². The summed E-state index contributed by atoms with van der Waals surface area (Å²) < 4.78 is 1.06. The van der Waals surface area contributed by atoms with Crippen molar-refractivity contribution in [3.05, 3.63) is 57.2 Å². The molecule has 0 aliphatic rings. The topological polar surface area (TPSA) is 116 Å². The number of halogens is 1. The van der Waals surface area contributed by atoms with Gasteiger partial charge in [-0.15, -0.1) is 0 Å². The molecule has 0 heterocycles. The van der Waals surface area contributed by atoms with Gasteiger partial charge in [-0.1, -0.05) is 18.2 Å². The van der Waals surface area contributed by atoms with Crippen LogP contribution >= 0.6 is 22.6 Å². The molecular weight excluding hydrogens is 447 g/mol. The number of aromatic hydroxyl groups is 1. The van der Waals surface area contributed by atoms with Gasteiger partial charge in [-0.2, -0.15) is 0 Å². The van der Waals surface area contributed by atoms with Crippen molar-refractivity contribution >= 4 is 34.2 Å². The molecule has 0 aliphatic heterocycles. The summed E-state index contributed by atoms with van der Waals surface area (Å²) in [4.78, 5) is 9.00. The zero-order valence-corrected chi connectivity index (χ0v) is 17.0. The second kappa shape index (κ2) is 11.0. The van der Waals surface area contributed by atoms with Crippen molar-refractivity contribution in [2.45, 2.75) is 32.4 Å². The molecule has 142 valence electrons. The first kappa shape index (κ1) is 22.2. The molecule has 0 unspecified atom stereocenters. The molecule has 7 heteroatoms. The fourth-order valence-electron chi connectivity index (χ4n) is 2.24. The number of aliphatic hydroxyl groups excluding tert-OH is 1. The molecule has 0 fully saturated rings. The summed E-state index contributed by atoms with van der Waals surface area (Å²) in [6.07, 6.45) is 0.273. The van der Waals surface area contributed by atoms with E-state index in [0.29, 0.717) is 0 Å². The summed E-state index contributed by atoms with van der Waals surface area (Å²) in [5.41, 5.74) is 8.62. The van der Waals surface area contributed by atoms with Crippen molar-refractivity contribution in [2.24, 2.45) is 0 Å². The minimum atomic E-state index is -0.833. The number of phenolic OH excluding ortho intramolecular Hbond substituents is 1. The molecular formula is C19H25IN2O4. The molecule has 0 spiro atoms. The quantitative estimate of drug-likeness (QED) is 0.326. The summed E-state index contributed by atoms with van der Waals surface area (Å²) in [7, 11) is 0. The summed E-state index contributed by atoms with van der Waals surface area (Å²) in [6, 6.07) is 12.6. The van der Waals surface area contributed by atoms with E-state index in [0.717, 1.165) is 34.7 Å². The lowest BCUT2D eigenvalue weighted by Crippen LogP contribution is -2.33. The Hall–Kier alpha value is -1.84. The Morgan fingerprint density at radius 2 is 1.81 bits per heavy atom. The maximum Gasteiger partial charge on any atom is 0.300 e. The van der Waals surface area contributed by atoms with Gasteiger partial charge in [-0.25, -0.2) is 0 Å². The van der Waals surface area contributed by atoms with E-state index in [4.69, 9.17) is 15.6 Å². The normalized spacial score (nSPS) is 12.6. The molecule has 26 heavy (non-hydrogen) atoms. The van der Waals surface area contributed by atoms with Crippen LogP contribution in [0.15, 0.2) is 42.5 Å². The number of hydrogen-bond donors (Lipinski definition) is 5. The molecule has 6 nitrogen and oxygen atoms in total. The highest BCUT2D eigenvalue weighted by Crippen LogP contribution is 2.20. The lowest BCUT2D eigenvalue weighted by atomic mass is 10.0. The van der Waals surface area contributed by atoms with E-state index in [1.807, 2.05) is 19.1 Å². The predicted octanol–water partition coefficient (Wildman–Crippen LogP) is 2.92. The number of carboxylic acid groups (broad SMARTS) is 1. The number of aliphatic hydroxyl groups is 1. The first-order valence-electron chi connectivity index (χ1n) is 8.14. The Labute approximate surface area is 167 Å². The molecule has 0 aliphatic carbocycles. The fourth-order valence-corrected chi connectivity index (χ4v) is 2.82. The minimum Gasteiger partial charge on any atom is -0.508 e. The van der Waals surface area contributed by atoms with E-state index in [1.165, 1.54) is 5.56 Å². The van der Waals surface area contributed by atoms with Crippen LogP contribution < -0.4 is 11.1 Å². The van der Waals surface area contributed by atoms with Crippen molar-refractivity contribution in [3.63, 3.8) is 0 Å². The number of rotatable bonds is 6. The smallest absolute Gasteiger partial charge is 0.300 e. The van der Waals surface area contributed by atoms with E-state index >= 15 is 0 Å². The molecule has 0 radical (unpaired) electrons. The van der Waals surface area contributed by atoms with Gasteiger partial charge in [0.15, 0.2) is 0 Å². The SMILES string of the molecule is CC(=O)O.C[C@H](NCCc1ccc(N)c(I)c1)[C@H](O)c1ccc(O)cc1. The maximum absolute atomic E-state index is 10.3. The van der Waals surface area contributed by atoms with Crippen LogP contribution in [-0.4, -0.2) is 33.9 Å². The van der Waals surface area contributed by atoms with E-state index in [9.17, 15) is 10.2 Å². The average Bonchev–Trinajstić information content (AvgIpc) is 2.57. The van der Waals surface area contributed by atoms with Gasteiger partial charge in [0.1, 0.15) is 5.75 Å². The van der Waals surface area contributed by atoms with Gasteiger partial charge < -0.3 is 26.4 Å². The highest BCUT2D eigenvalue weighted by molar-refractivity contribution is 14.1. The predicted molar refractivity (Wildman–Crippen MR) is 111 cm³/mol. The Morgan fingerprint density at radius 1 is 1.23 bits per heavy atom. The van der Waals surface area contributed by atoms with E-state index in [2.05, 4.69) is 34.0 Å². The lowest BCUT2D eigenvalue weighted by Gasteiger charge is -2.21. The van der Waals surface area contributed by atoms with Crippen LogP contribution in [0.5, 0.6) is 5.75 Å². The van der Waals surface area contributed by atoms with Crippen molar-refractivity contribution in [1.82, 2.24) is 5.32 Å². The standard InChI is InChI=1S/C17H21IN2O2.C2H4O2/c1-11(17(22)13-3-5-14(21)6-4-13)20-9-8-12-2-7-16(19)15(18)10-12;1-2(3)4/h2-7,10-11,17,20-22H,8-9,19H2,1H3;1H3,(H,3,4)/t11-,17-;/m0./s1. The molecule has 2 aromatic rings. The molecule has 0 saturated heterocycles. The molecule has 2 aromatic carbocycles. The third-order valence-corrected chi connectivity index (χ3v) is 4.59. The highest BCUT2D eigenvalue weighted by Gasteiger charge is 2.15. The summed E-state index contributed by atoms with van der Waals surface area (Å²) in [5.74, 6) is -0.630. The molecule has 0 amide bonds. The number of carboxylic acids is 1. The number of anilines is 1. The van der Waals surface area contributed by atoms with Gasteiger partial charge in [0, 0.05) is 22.2 Å². The Balaban J connectivity index is 0.000000765. The summed E-state index contributed by atoms with van der Waals surface area (Å²) in [5, 5.41) is 30.3. The average molecular weight is 472 g/mol. The van der Waals surface area contributed by atoms with Gasteiger partial charge in [0.2, 0.25) is 0 Å². The largest absolute Gasteiger partial charge is 0.508 e. The Kier molecular flexibility index (Phi) is 9.39. The fraction of sp³-hybridized carbons (Fsp3) is 0.316. The van der Waals surface area contributed by atoms with Crippen LogP contribution in [0.2, 0.25) is 0 Å². The molecule has 2 atom stereocenters. The maximum atomic E-state index is 10.3. The Bertz CT molecular complexity index is 703. The minimum absolute atomic E-state index is 0.0719. The number of benzene rings is 2. The highest BCUT2D eigenvalue weighted by atomic mass is 127. The lowest BCUT2D eigenvalue weighted by molar-refractivity contribution is -0.134. The van der Waals surface area contributed by atoms with Crippen molar-refractivity contribution in [2.75, 3.05) is 12.3 Å². The van der Waals surface area contributed by atoms with Gasteiger partial charge >= 0.3 is 0 Å². The molecule has 0 aromatic heterocycles. The van der Waals surface area contributed by atoms with Crippen molar-refractivity contribution in [3.8, 4) is 5.75 Å². The first-order valence-corrected chi connectivity index (χ1v) is 9.22. The number of nitrogen functional groups attached to an aromatic ring is 1. The number of aliphatic carboxylic acids is 1. The second-order valence-electron chi connectivity index (χ2n) is 5.90. The van der Waals surface area contributed by atoms with Crippen molar-refractivity contribution < 1.29 is 20.1 Å². The monoisotopic (exact) mass is 472 g/mol. The third-order valence-electron chi connectivity index (χ3n) is 3.65. The van der Waals surface area contributed by atoms with Gasteiger partial charge in [-0.3, -0.25) is 4.79 Å². The Morgan fingerprint density at radius 3 is 2.35 bits per heavy atom. The van der Waals surface area contributed by atoms with Gasteiger partial charge in [-0.05, 0) is 77.9 Å². The van der Waals surface area contributed by atoms with Crippen LogP contribution in [0.1, 0.15) is 31.1 Å². The van der Waals surface area contributed by atoms with E-state index < -0.39 is 12.1 Å². The number of phenols is 1. The zero-order chi connectivity index (χ0) is 19.7. The molecule has 0 saturated carbocycles. The number of hydrogen-bond acceptors (Lipinski definition) is 5. The number of nitrogens with two attached hydrogens (primary N) is 1. The van der Waals surface area contributed by atoms with Crippen LogP contribution in [-0.2, 0) is 11.2 Å². The molecule has 2 rings (SSSR count). The van der Waals surface area contributed by atoms with Crippen molar-refractivity contribution in [1.29, 1.82) is 0 Å². The summed E-state index contributed by atoms with van der Waals surface area (Å²) >= 11 is 2.23. The van der Waals surface area contributed by atoms with Crippen LogP contribution in [0.25, 0.3) is 0 Å². The van der Waals surface area contributed by atoms with Gasteiger partial charge in [0.05, 0.1) is 6.10 Å².